The molecule has 0 spiro atoms. The van der Waals surface area contributed by atoms with Gasteiger partial charge in [-0.15, -0.1) is 10.2 Å². The van der Waals surface area contributed by atoms with Gasteiger partial charge in [0.2, 0.25) is 5.13 Å². The van der Waals surface area contributed by atoms with Gasteiger partial charge in [-0.25, -0.2) is 8.78 Å². The van der Waals surface area contributed by atoms with E-state index in [0.29, 0.717) is 10.6 Å². The van der Waals surface area contributed by atoms with E-state index in [1.165, 1.54) is 36.4 Å². The van der Waals surface area contributed by atoms with Crippen LogP contribution in [0.2, 0.25) is 0 Å². The zero-order valence-corrected chi connectivity index (χ0v) is 15.8. The van der Waals surface area contributed by atoms with E-state index in [1.807, 2.05) is 0 Å². The van der Waals surface area contributed by atoms with Gasteiger partial charge in [-0.2, -0.15) is 0 Å². The molecule has 1 saturated heterocycles. The molecule has 29 heavy (non-hydrogen) atoms. The Labute approximate surface area is 167 Å². The highest BCUT2D eigenvalue weighted by molar-refractivity contribution is 7.15. The molecule has 1 aliphatic heterocycles. The second-order valence-electron chi connectivity index (χ2n) is 6.33. The molecule has 146 valence electrons. The van der Waals surface area contributed by atoms with Gasteiger partial charge in [0, 0.05) is 5.56 Å². The fraction of sp³-hybridized carbons (Fsp3) is 0.100. The van der Waals surface area contributed by atoms with Gasteiger partial charge in [-0.3, -0.25) is 14.5 Å². The summed E-state index contributed by atoms with van der Waals surface area (Å²) in [5, 5.41) is 19.4. The Morgan fingerprint density at radius 3 is 2.14 bits per heavy atom. The molecule has 1 aromatic heterocycles. The van der Waals surface area contributed by atoms with Gasteiger partial charge in [-0.05, 0) is 48.9 Å². The normalized spacial score (nSPS) is 18.4. The highest BCUT2D eigenvalue weighted by atomic mass is 32.1. The van der Waals surface area contributed by atoms with E-state index in [0.717, 1.165) is 28.4 Å². The number of aryl methyl sites for hydroxylation is 1. The molecule has 1 fully saturated rings. The van der Waals surface area contributed by atoms with Gasteiger partial charge < -0.3 is 5.11 Å². The molecule has 9 heteroatoms. The molecule has 0 aliphatic carbocycles. The van der Waals surface area contributed by atoms with Gasteiger partial charge in [0.15, 0.2) is 0 Å². The first-order valence-electron chi connectivity index (χ1n) is 8.49. The number of carbonyl (C=O) groups is 2. The van der Waals surface area contributed by atoms with Crippen molar-refractivity contribution in [2.75, 3.05) is 4.90 Å². The second kappa shape index (κ2) is 7.17. The average Bonchev–Trinajstić information content (AvgIpc) is 3.24. The predicted octanol–water partition coefficient (Wildman–Crippen LogP) is 3.75. The number of halogens is 2. The number of aliphatic hydroxyl groups is 1. The number of amides is 1. The largest absolute Gasteiger partial charge is 0.507 e. The Kier molecular flexibility index (Phi) is 4.67. The van der Waals surface area contributed by atoms with Crippen LogP contribution in [0, 0.1) is 18.6 Å². The Hall–Kier alpha value is -3.46. The van der Waals surface area contributed by atoms with Crippen molar-refractivity contribution >= 4 is 33.9 Å². The molecule has 4 rings (SSSR count). The molecule has 2 aromatic carbocycles. The number of rotatable bonds is 3. The molecule has 1 aliphatic rings. The van der Waals surface area contributed by atoms with Crippen LogP contribution in [0.4, 0.5) is 13.9 Å². The van der Waals surface area contributed by atoms with Gasteiger partial charge in [0.05, 0.1) is 11.6 Å². The number of anilines is 1. The van der Waals surface area contributed by atoms with Crippen LogP contribution in [0.25, 0.3) is 5.76 Å². The Morgan fingerprint density at radius 2 is 1.59 bits per heavy atom. The van der Waals surface area contributed by atoms with E-state index in [-0.39, 0.29) is 16.3 Å². The van der Waals surface area contributed by atoms with Crippen LogP contribution >= 0.6 is 11.3 Å². The van der Waals surface area contributed by atoms with Gasteiger partial charge >= 0.3 is 5.91 Å². The van der Waals surface area contributed by atoms with E-state index >= 15 is 0 Å². The third-order valence-electron chi connectivity index (χ3n) is 4.47. The molecule has 1 amide bonds. The van der Waals surface area contributed by atoms with Crippen molar-refractivity contribution < 1.29 is 23.5 Å². The molecule has 2 heterocycles. The molecule has 3 aromatic rings. The standard InChI is InChI=1S/C20H13F2N3O3S/c1-10-23-24-20(29-10)25-16(11-2-6-13(21)7-3-11)15(18(27)19(25)28)17(26)12-4-8-14(22)9-5-12/h2-9,16,26H,1H3/b17-15+. The van der Waals surface area contributed by atoms with Crippen LogP contribution < -0.4 is 4.90 Å². The van der Waals surface area contributed by atoms with Crippen molar-refractivity contribution in [3.8, 4) is 0 Å². The number of benzene rings is 2. The molecular formula is C20H13F2N3O3S. The molecule has 0 bridgehead atoms. The van der Waals surface area contributed by atoms with E-state index < -0.39 is 35.1 Å². The van der Waals surface area contributed by atoms with Crippen LogP contribution in [0.15, 0.2) is 54.1 Å². The Bertz CT molecular complexity index is 1140. The number of ketones is 1. The van der Waals surface area contributed by atoms with Crippen LogP contribution in [-0.2, 0) is 9.59 Å². The van der Waals surface area contributed by atoms with Crippen molar-refractivity contribution in [3.05, 3.63) is 81.9 Å². The van der Waals surface area contributed by atoms with Crippen LogP contribution in [0.3, 0.4) is 0 Å². The summed E-state index contributed by atoms with van der Waals surface area (Å²) in [4.78, 5) is 26.8. The lowest BCUT2D eigenvalue weighted by molar-refractivity contribution is -0.132. The molecule has 1 N–H and O–H groups in total. The lowest BCUT2D eigenvalue weighted by Crippen LogP contribution is -2.29. The topological polar surface area (TPSA) is 83.4 Å². The van der Waals surface area contributed by atoms with Crippen LogP contribution in [-0.4, -0.2) is 27.0 Å². The van der Waals surface area contributed by atoms with Crippen molar-refractivity contribution in [3.63, 3.8) is 0 Å². The smallest absolute Gasteiger partial charge is 0.301 e. The number of carbonyl (C=O) groups excluding carboxylic acids is 2. The first-order valence-corrected chi connectivity index (χ1v) is 9.31. The van der Waals surface area contributed by atoms with Gasteiger partial charge in [0.25, 0.3) is 5.78 Å². The van der Waals surface area contributed by atoms with E-state index in [9.17, 15) is 23.5 Å². The highest BCUT2D eigenvalue weighted by Crippen LogP contribution is 2.42. The third kappa shape index (κ3) is 3.29. The zero-order chi connectivity index (χ0) is 20.7. The maximum Gasteiger partial charge on any atom is 0.301 e. The number of Topliss-reactive ketones (excluding diaryl/α,β-unsaturated/α-hetero) is 1. The minimum atomic E-state index is -1.03. The fourth-order valence-electron chi connectivity index (χ4n) is 3.14. The molecule has 0 radical (unpaired) electrons. The quantitative estimate of drug-likeness (QED) is 0.402. The lowest BCUT2D eigenvalue weighted by Gasteiger charge is -2.22. The highest BCUT2D eigenvalue weighted by Gasteiger charge is 2.48. The summed E-state index contributed by atoms with van der Waals surface area (Å²) >= 11 is 1.11. The average molecular weight is 413 g/mol. The fourth-order valence-corrected chi connectivity index (χ4v) is 3.85. The summed E-state index contributed by atoms with van der Waals surface area (Å²) in [5.41, 5.74) is 0.383. The SMILES string of the molecule is Cc1nnc(N2C(=O)C(=O)/C(=C(/O)c3ccc(F)cc3)C2c2ccc(F)cc2)s1. The first kappa shape index (κ1) is 18.9. The van der Waals surface area contributed by atoms with Crippen molar-refractivity contribution in [2.24, 2.45) is 0 Å². The summed E-state index contributed by atoms with van der Waals surface area (Å²) in [6, 6.07) is 9.06. The second-order valence-corrected chi connectivity index (χ2v) is 7.49. The van der Waals surface area contributed by atoms with Crippen LogP contribution in [0.5, 0.6) is 0 Å². The van der Waals surface area contributed by atoms with Crippen molar-refractivity contribution in [1.29, 1.82) is 0 Å². The molecule has 0 saturated carbocycles. The Balaban J connectivity index is 1.93. The molecule has 1 unspecified atom stereocenters. The molecule has 6 nitrogen and oxygen atoms in total. The van der Waals surface area contributed by atoms with E-state index in [2.05, 4.69) is 10.2 Å². The third-order valence-corrected chi connectivity index (χ3v) is 5.31. The molecular weight excluding hydrogens is 400 g/mol. The first-order chi connectivity index (χ1) is 13.9. The number of nitrogens with zero attached hydrogens (tertiary/aromatic N) is 3. The maximum absolute atomic E-state index is 13.4. The van der Waals surface area contributed by atoms with Gasteiger partial charge in [-0.1, -0.05) is 23.5 Å². The summed E-state index contributed by atoms with van der Waals surface area (Å²) in [7, 11) is 0. The summed E-state index contributed by atoms with van der Waals surface area (Å²) < 4.78 is 26.7. The number of aromatic nitrogens is 2. The number of hydrogen-bond donors (Lipinski definition) is 1. The Morgan fingerprint density at radius 1 is 1.00 bits per heavy atom. The minimum absolute atomic E-state index is 0.171. The predicted molar refractivity (Wildman–Crippen MR) is 102 cm³/mol. The maximum atomic E-state index is 13.4. The van der Waals surface area contributed by atoms with E-state index in [1.54, 1.807) is 6.92 Å². The lowest BCUT2D eigenvalue weighted by atomic mass is 9.95. The number of aliphatic hydroxyl groups excluding tert-OH is 1. The minimum Gasteiger partial charge on any atom is -0.507 e. The summed E-state index contributed by atoms with van der Waals surface area (Å²) in [6.45, 7) is 1.70. The van der Waals surface area contributed by atoms with Crippen molar-refractivity contribution in [1.82, 2.24) is 10.2 Å². The monoisotopic (exact) mass is 413 g/mol. The van der Waals surface area contributed by atoms with E-state index in [4.69, 9.17) is 0 Å². The van der Waals surface area contributed by atoms with Gasteiger partial charge in [0.1, 0.15) is 22.4 Å². The number of hydrogen-bond acceptors (Lipinski definition) is 6. The summed E-state index contributed by atoms with van der Waals surface area (Å²) in [6.07, 6.45) is 0. The molecule has 1 atom stereocenters. The van der Waals surface area contributed by atoms with Crippen molar-refractivity contribution in [2.45, 2.75) is 13.0 Å². The van der Waals surface area contributed by atoms with Crippen LogP contribution in [0.1, 0.15) is 22.2 Å². The zero-order valence-electron chi connectivity index (χ0n) is 15.0. The summed E-state index contributed by atoms with van der Waals surface area (Å²) in [5.74, 6) is -3.27.